The molecule has 1 atom stereocenters. The third-order valence-corrected chi connectivity index (χ3v) is 2.99. The van der Waals surface area contributed by atoms with Crippen LogP contribution >= 0.6 is 0 Å². The molecule has 100 valence electrons. The Morgan fingerprint density at radius 3 is 2.17 bits per heavy atom. The Labute approximate surface area is 110 Å². The predicted molar refractivity (Wildman–Crippen MR) is 76.7 cm³/mol. The van der Waals surface area contributed by atoms with Gasteiger partial charge in [0.05, 0.1) is 6.04 Å². The molecule has 1 aromatic rings. The van der Waals surface area contributed by atoms with Gasteiger partial charge in [-0.25, -0.2) is 0 Å². The number of nitrogens with two attached hydrogens (primary N) is 1. The summed E-state index contributed by atoms with van der Waals surface area (Å²) >= 11 is 0. The number of aryl methyl sites for hydroxylation is 3. The first kappa shape index (κ1) is 14.7. The Morgan fingerprint density at radius 2 is 1.72 bits per heavy atom. The molecule has 0 aliphatic rings. The van der Waals surface area contributed by atoms with Crippen LogP contribution in [0.1, 0.15) is 37.0 Å². The topological polar surface area (TPSA) is 55.1 Å². The maximum atomic E-state index is 12.0. The van der Waals surface area contributed by atoms with Gasteiger partial charge in [-0.2, -0.15) is 0 Å². The van der Waals surface area contributed by atoms with Gasteiger partial charge in [-0.3, -0.25) is 4.79 Å². The van der Waals surface area contributed by atoms with Crippen molar-refractivity contribution in [3.8, 4) is 0 Å². The van der Waals surface area contributed by atoms with E-state index in [-0.39, 0.29) is 5.91 Å². The lowest BCUT2D eigenvalue weighted by molar-refractivity contribution is -0.117. The van der Waals surface area contributed by atoms with Crippen LogP contribution in [-0.2, 0) is 4.79 Å². The maximum Gasteiger partial charge on any atom is 0.241 e. The van der Waals surface area contributed by atoms with Crippen LogP contribution in [0.5, 0.6) is 0 Å². The molecule has 1 amide bonds. The highest BCUT2D eigenvalue weighted by molar-refractivity contribution is 5.96. The second kappa shape index (κ2) is 6.01. The first-order chi connectivity index (χ1) is 8.31. The monoisotopic (exact) mass is 248 g/mol. The molecule has 0 spiro atoms. The van der Waals surface area contributed by atoms with Gasteiger partial charge in [0.2, 0.25) is 5.91 Å². The number of hydrogen-bond donors (Lipinski definition) is 2. The maximum absolute atomic E-state index is 12.0. The van der Waals surface area contributed by atoms with Crippen LogP contribution in [0, 0.1) is 26.7 Å². The van der Waals surface area contributed by atoms with Crippen LogP contribution in [0.15, 0.2) is 12.1 Å². The fraction of sp³-hybridized carbons (Fsp3) is 0.533. The van der Waals surface area contributed by atoms with Crippen molar-refractivity contribution in [1.29, 1.82) is 0 Å². The fourth-order valence-electron chi connectivity index (χ4n) is 2.21. The third kappa shape index (κ3) is 3.84. The minimum atomic E-state index is -0.440. The van der Waals surface area contributed by atoms with Gasteiger partial charge in [0, 0.05) is 5.69 Å². The molecule has 1 aromatic carbocycles. The number of amides is 1. The van der Waals surface area contributed by atoms with Crippen LogP contribution < -0.4 is 11.1 Å². The Morgan fingerprint density at radius 1 is 1.22 bits per heavy atom. The van der Waals surface area contributed by atoms with Crippen molar-refractivity contribution in [3.05, 3.63) is 28.8 Å². The molecule has 0 fully saturated rings. The van der Waals surface area contributed by atoms with E-state index < -0.39 is 6.04 Å². The number of hydrogen-bond acceptors (Lipinski definition) is 2. The molecule has 18 heavy (non-hydrogen) atoms. The fourth-order valence-corrected chi connectivity index (χ4v) is 2.21. The summed E-state index contributed by atoms with van der Waals surface area (Å²) in [5.41, 5.74) is 10.1. The van der Waals surface area contributed by atoms with Gasteiger partial charge in [0.25, 0.3) is 0 Å². The highest BCUT2D eigenvalue weighted by Crippen LogP contribution is 2.22. The molecule has 0 heterocycles. The largest absolute Gasteiger partial charge is 0.324 e. The van der Waals surface area contributed by atoms with E-state index in [4.69, 9.17) is 5.73 Å². The summed E-state index contributed by atoms with van der Waals surface area (Å²) in [5.74, 6) is 0.324. The molecule has 0 aliphatic heterocycles. The van der Waals surface area contributed by atoms with E-state index in [1.807, 2.05) is 13.8 Å². The predicted octanol–water partition coefficient (Wildman–Crippen LogP) is 2.92. The van der Waals surface area contributed by atoms with Gasteiger partial charge >= 0.3 is 0 Å². The first-order valence-corrected chi connectivity index (χ1v) is 6.45. The zero-order valence-electron chi connectivity index (χ0n) is 12.0. The van der Waals surface area contributed by atoms with Crippen molar-refractivity contribution in [2.75, 3.05) is 5.32 Å². The van der Waals surface area contributed by atoms with Gasteiger partial charge in [-0.15, -0.1) is 0 Å². The Hall–Kier alpha value is -1.35. The highest BCUT2D eigenvalue weighted by Gasteiger charge is 2.16. The van der Waals surface area contributed by atoms with E-state index in [0.717, 1.165) is 16.8 Å². The average Bonchev–Trinajstić information content (AvgIpc) is 2.21. The van der Waals surface area contributed by atoms with Gasteiger partial charge in [0.1, 0.15) is 0 Å². The SMILES string of the molecule is Cc1cc(C)c(NC(=O)[C@H](N)CC(C)C)c(C)c1. The lowest BCUT2D eigenvalue weighted by atomic mass is 10.0. The summed E-state index contributed by atoms with van der Waals surface area (Å²) in [4.78, 5) is 12.0. The van der Waals surface area contributed by atoms with Crippen LogP contribution in [0.4, 0.5) is 5.69 Å². The van der Waals surface area contributed by atoms with Gasteiger partial charge in [0.15, 0.2) is 0 Å². The average molecular weight is 248 g/mol. The summed E-state index contributed by atoms with van der Waals surface area (Å²) in [6.07, 6.45) is 0.704. The van der Waals surface area contributed by atoms with Crippen molar-refractivity contribution < 1.29 is 4.79 Å². The molecule has 0 aliphatic carbocycles. The minimum Gasteiger partial charge on any atom is -0.324 e. The molecule has 0 saturated carbocycles. The van der Waals surface area contributed by atoms with Gasteiger partial charge < -0.3 is 11.1 Å². The van der Waals surface area contributed by atoms with Crippen molar-refractivity contribution in [2.45, 2.75) is 47.1 Å². The van der Waals surface area contributed by atoms with Crippen LogP contribution in [-0.4, -0.2) is 11.9 Å². The highest BCUT2D eigenvalue weighted by atomic mass is 16.2. The standard InChI is InChI=1S/C15H24N2O/c1-9(2)6-13(16)15(18)17-14-11(4)7-10(3)8-12(14)5/h7-9,13H,6,16H2,1-5H3,(H,17,18)/t13-/m1/s1. The summed E-state index contributed by atoms with van der Waals surface area (Å²) in [7, 11) is 0. The van der Waals surface area contributed by atoms with E-state index in [1.54, 1.807) is 0 Å². The summed E-state index contributed by atoms with van der Waals surface area (Å²) < 4.78 is 0. The minimum absolute atomic E-state index is 0.0984. The molecule has 1 rings (SSSR count). The van der Waals surface area contributed by atoms with E-state index in [2.05, 4.69) is 38.2 Å². The number of rotatable bonds is 4. The lowest BCUT2D eigenvalue weighted by Gasteiger charge is -2.17. The van der Waals surface area contributed by atoms with E-state index in [9.17, 15) is 4.79 Å². The number of carbonyl (C=O) groups excluding carboxylic acids is 1. The van der Waals surface area contributed by atoms with E-state index in [1.165, 1.54) is 5.56 Å². The van der Waals surface area contributed by atoms with Crippen molar-refractivity contribution in [3.63, 3.8) is 0 Å². The Balaban J connectivity index is 2.82. The van der Waals surface area contributed by atoms with Gasteiger partial charge in [-0.05, 0) is 44.2 Å². The van der Waals surface area contributed by atoms with E-state index >= 15 is 0 Å². The smallest absolute Gasteiger partial charge is 0.241 e. The normalized spacial score (nSPS) is 12.6. The van der Waals surface area contributed by atoms with Crippen LogP contribution in [0.3, 0.4) is 0 Å². The molecule has 0 radical (unpaired) electrons. The van der Waals surface area contributed by atoms with E-state index in [0.29, 0.717) is 12.3 Å². The second-order valence-corrected chi connectivity index (χ2v) is 5.50. The molecular formula is C15H24N2O. The van der Waals surface area contributed by atoms with Crippen molar-refractivity contribution in [2.24, 2.45) is 11.7 Å². The van der Waals surface area contributed by atoms with Crippen molar-refractivity contribution in [1.82, 2.24) is 0 Å². The molecular weight excluding hydrogens is 224 g/mol. The second-order valence-electron chi connectivity index (χ2n) is 5.50. The third-order valence-electron chi connectivity index (χ3n) is 2.99. The molecule has 0 bridgehead atoms. The van der Waals surface area contributed by atoms with Gasteiger partial charge in [-0.1, -0.05) is 31.5 Å². The number of carbonyl (C=O) groups is 1. The number of anilines is 1. The summed E-state index contributed by atoms with van der Waals surface area (Å²) in [6, 6.07) is 3.69. The molecule has 0 saturated heterocycles. The molecule has 3 nitrogen and oxygen atoms in total. The zero-order chi connectivity index (χ0) is 13.9. The first-order valence-electron chi connectivity index (χ1n) is 6.45. The number of nitrogens with one attached hydrogen (secondary N) is 1. The quantitative estimate of drug-likeness (QED) is 0.860. The molecule has 0 aromatic heterocycles. The summed E-state index contributed by atoms with van der Waals surface area (Å²) in [6.45, 7) is 10.2. The Kier molecular flexibility index (Phi) is 4.91. The van der Waals surface area contributed by atoms with Crippen LogP contribution in [0.2, 0.25) is 0 Å². The van der Waals surface area contributed by atoms with Crippen molar-refractivity contribution >= 4 is 11.6 Å². The molecule has 3 heteroatoms. The molecule has 0 unspecified atom stereocenters. The number of benzene rings is 1. The Bertz CT molecular complexity index is 415. The molecule has 3 N–H and O–H groups in total. The van der Waals surface area contributed by atoms with Crippen LogP contribution in [0.25, 0.3) is 0 Å². The lowest BCUT2D eigenvalue weighted by Crippen LogP contribution is -2.37. The zero-order valence-corrected chi connectivity index (χ0v) is 12.0. The summed E-state index contributed by atoms with van der Waals surface area (Å²) in [5, 5.41) is 2.95.